The van der Waals surface area contributed by atoms with Crippen LogP contribution in [0, 0.1) is 0 Å². The standard InChI is InChI=1S/C8H6F4O3S/c9-7(10,6-4-2-1-3-5-6)8(11,12)16(13,14)15/h1-5H,(H,13,14,15)/p-1. The minimum atomic E-state index is -6.44. The number of halogens is 4. The van der Waals surface area contributed by atoms with Gasteiger partial charge in [0.05, 0.1) is 0 Å². The quantitative estimate of drug-likeness (QED) is 0.614. The first-order valence-electron chi connectivity index (χ1n) is 3.87. The molecule has 0 radical (unpaired) electrons. The molecule has 0 aromatic heterocycles. The van der Waals surface area contributed by atoms with Gasteiger partial charge in [0.2, 0.25) is 0 Å². The number of hydrogen-bond acceptors (Lipinski definition) is 3. The minimum absolute atomic E-state index is 0.610. The third-order valence-electron chi connectivity index (χ3n) is 1.82. The van der Waals surface area contributed by atoms with E-state index in [1.54, 1.807) is 0 Å². The first-order chi connectivity index (χ1) is 7.11. The molecule has 3 nitrogen and oxygen atoms in total. The van der Waals surface area contributed by atoms with Gasteiger partial charge in [0.1, 0.15) is 0 Å². The molecule has 0 fully saturated rings. The Balaban J connectivity index is 3.33. The number of rotatable bonds is 3. The van der Waals surface area contributed by atoms with E-state index in [0.29, 0.717) is 12.1 Å². The summed E-state index contributed by atoms with van der Waals surface area (Å²) in [5.41, 5.74) is -1.24. The molecule has 1 aromatic carbocycles. The van der Waals surface area contributed by atoms with Crippen LogP contribution >= 0.6 is 0 Å². The van der Waals surface area contributed by atoms with Crippen molar-refractivity contribution < 1.29 is 30.5 Å². The SMILES string of the molecule is O=S(=O)([O-])C(F)(F)C(F)(F)c1ccccc1. The fraction of sp³-hybridized carbons (Fsp3) is 0.250. The van der Waals surface area contributed by atoms with Gasteiger partial charge in [-0.05, 0) is 0 Å². The Labute approximate surface area is 88.5 Å². The van der Waals surface area contributed by atoms with Gasteiger partial charge in [-0.2, -0.15) is 17.6 Å². The van der Waals surface area contributed by atoms with Gasteiger partial charge in [-0.15, -0.1) is 0 Å². The predicted molar refractivity (Wildman–Crippen MR) is 45.0 cm³/mol. The van der Waals surface area contributed by atoms with E-state index in [2.05, 4.69) is 0 Å². The lowest BCUT2D eigenvalue weighted by Gasteiger charge is -2.28. The van der Waals surface area contributed by atoms with E-state index in [4.69, 9.17) is 0 Å². The highest BCUT2D eigenvalue weighted by Gasteiger charge is 2.62. The summed E-state index contributed by atoms with van der Waals surface area (Å²) in [7, 11) is -6.44. The molecule has 1 aromatic rings. The second-order valence-corrected chi connectivity index (χ2v) is 4.33. The van der Waals surface area contributed by atoms with Crippen molar-refractivity contribution in [3.63, 3.8) is 0 Å². The van der Waals surface area contributed by atoms with Crippen molar-refractivity contribution in [1.82, 2.24) is 0 Å². The predicted octanol–water partition coefficient (Wildman–Crippen LogP) is 1.92. The molecule has 0 aliphatic rings. The van der Waals surface area contributed by atoms with E-state index >= 15 is 0 Å². The summed E-state index contributed by atoms with van der Waals surface area (Å²) in [5.74, 6) is -5.06. The Morgan fingerprint density at radius 2 is 1.44 bits per heavy atom. The Morgan fingerprint density at radius 3 is 1.81 bits per heavy atom. The highest BCUT2D eigenvalue weighted by molar-refractivity contribution is 7.86. The molecule has 0 aliphatic heterocycles. The molecule has 0 bridgehead atoms. The van der Waals surface area contributed by atoms with Crippen LogP contribution < -0.4 is 0 Å². The molecule has 0 amide bonds. The number of hydrogen-bond donors (Lipinski definition) is 0. The molecule has 0 unspecified atom stereocenters. The minimum Gasteiger partial charge on any atom is -0.743 e. The monoisotopic (exact) mass is 257 g/mol. The van der Waals surface area contributed by atoms with Crippen molar-refractivity contribution in [3.8, 4) is 0 Å². The second kappa shape index (κ2) is 3.70. The molecular weight excluding hydrogens is 252 g/mol. The van der Waals surface area contributed by atoms with Crippen molar-refractivity contribution in [3.05, 3.63) is 35.9 Å². The Hall–Kier alpha value is -1.15. The van der Waals surface area contributed by atoms with Gasteiger partial charge < -0.3 is 4.55 Å². The Kier molecular flexibility index (Phi) is 2.99. The van der Waals surface area contributed by atoms with Crippen molar-refractivity contribution in [2.75, 3.05) is 0 Å². The van der Waals surface area contributed by atoms with Crippen LogP contribution in [0.25, 0.3) is 0 Å². The van der Waals surface area contributed by atoms with Gasteiger partial charge in [-0.25, -0.2) is 8.42 Å². The summed E-state index contributed by atoms with van der Waals surface area (Å²) in [6, 6.07) is 4.55. The molecule has 0 N–H and O–H groups in total. The first kappa shape index (κ1) is 12.9. The molecule has 0 saturated carbocycles. The zero-order valence-corrected chi connectivity index (χ0v) is 8.35. The number of benzene rings is 1. The van der Waals surface area contributed by atoms with Crippen LogP contribution in [-0.4, -0.2) is 18.2 Å². The molecule has 0 heterocycles. The average molecular weight is 257 g/mol. The zero-order chi connectivity index (χ0) is 12.6. The third kappa shape index (κ3) is 1.90. The van der Waals surface area contributed by atoms with Gasteiger partial charge in [-0.1, -0.05) is 30.3 Å². The maximum Gasteiger partial charge on any atom is 0.400 e. The van der Waals surface area contributed by atoms with E-state index < -0.39 is 26.9 Å². The van der Waals surface area contributed by atoms with E-state index in [1.165, 1.54) is 6.07 Å². The lowest BCUT2D eigenvalue weighted by atomic mass is 10.1. The van der Waals surface area contributed by atoms with Crippen LogP contribution in [0.15, 0.2) is 30.3 Å². The molecule has 0 spiro atoms. The summed E-state index contributed by atoms with van der Waals surface area (Å²) in [6.45, 7) is 0. The molecule has 16 heavy (non-hydrogen) atoms. The van der Waals surface area contributed by atoms with E-state index in [-0.39, 0.29) is 0 Å². The lowest BCUT2D eigenvalue weighted by molar-refractivity contribution is -0.167. The highest BCUT2D eigenvalue weighted by Crippen LogP contribution is 2.45. The number of alkyl halides is 4. The summed E-state index contributed by atoms with van der Waals surface area (Å²) < 4.78 is 82.0. The maximum atomic E-state index is 13.1. The Morgan fingerprint density at radius 1 is 1.00 bits per heavy atom. The average Bonchev–Trinajstić information content (AvgIpc) is 2.17. The van der Waals surface area contributed by atoms with Crippen LogP contribution in [0.1, 0.15) is 5.56 Å². The molecule has 0 atom stereocenters. The smallest absolute Gasteiger partial charge is 0.400 e. The van der Waals surface area contributed by atoms with E-state index in [1.807, 2.05) is 0 Å². The van der Waals surface area contributed by atoms with E-state index in [9.17, 15) is 30.5 Å². The van der Waals surface area contributed by atoms with Crippen LogP contribution in [0.5, 0.6) is 0 Å². The summed E-state index contributed by atoms with van der Waals surface area (Å²) in [6.07, 6.45) is 0. The van der Waals surface area contributed by atoms with Gasteiger partial charge in [0, 0.05) is 5.56 Å². The van der Waals surface area contributed by atoms with E-state index in [0.717, 1.165) is 12.1 Å². The molecule has 0 saturated heterocycles. The van der Waals surface area contributed by atoms with Crippen LogP contribution in [-0.2, 0) is 16.0 Å². The first-order valence-corrected chi connectivity index (χ1v) is 5.28. The summed E-state index contributed by atoms with van der Waals surface area (Å²) in [4.78, 5) is 0. The maximum absolute atomic E-state index is 13.1. The topological polar surface area (TPSA) is 57.2 Å². The van der Waals surface area contributed by atoms with Crippen molar-refractivity contribution in [1.29, 1.82) is 0 Å². The lowest BCUT2D eigenvalue weighted by Crippen LogP contribution is -2.44. The van der Waals surface area contributed by atoms with Crippen molar-refractivity contribution in [2.45, 2.75) is 11.2 Å². The third-order valence-corrected chi connectivity index (χ3v) is 2.70. The molecule has 8 heteroatoms. The van der Waals surface area contributed by atoms with Crippen LogP contribution in [0.4, 0.5) is 17.6 Å². The highest BCUT2D eigenvalue weighted by atomic mass is 32.2. The fourth-order valence-corrected chi connectivity index (χ4v) is 1.40. The fourth-order valence-electron chi connectivity index (χ4n) is 0.972. The van der Waals surface area contributed by atoms with Crippen molar-refractivity contribution >= 4 is 10.1 Å². The summed E-state index contributed by atoms with van der Waals surface area (Å²) in [5, 5.41) is -5.68. The summed E-state index contributed by atoms with van der Waals surface area (Å²) >= 11 is 0. The van der Waals surface area contributed by atoms with Gasteiger partial charge >= 0.3 is 11.2 Å². The normalized spacial score (nSPS) is 13.8. The molecule has 1 rings (SSSR count). The van der Waals surface area contributed by atoms with Gasteiger partial charge in [-0.3, -0.25) is 0 Å². The zero-order valence-electron chi connectivity index (χ0n) is 7.53. The largest absolute Gasteiger partial charge is 0.743 e. The van der Waals surface area contributed by atoms with Crippen molar-refractivity contribution in [2.24, 2.45) is 0 Å². The molecular formula is C8H5F4O3S-. The van der Waals surface area contributed by atoms with Crippen LogP contribution in [0.3, 0.4) is 0 Å². The second-order valence-electron chi connectivity index (χ2n) is 2.91. The van der Waals surface area contributed by atoms with Gasteiger partial charge in [0.25, 0.3) is 0 Å². The molecule has 90 valence electrons. The molecule has 0 aliphatic carbocycles. The Bertz CT molecular complexity index is 469. The van der Waals surface area contributed by atoms with Crippen LogP contribution in [0.2, 0.25) is 0 Å². The van der Waals surface area contributed by atoms with Gasteiger partial charge in [0.15, 0.2) is 10.1 Å².